The van der Waals surface area contributed by atoms with Gasteiger partial charge < -0.3 is 15.4 Å². The molecule has 13 heavy (non-hydrogen) atoms. The molecule has 2 aliphatic rings. The zero-order valence-corrected chi connectivity index (χ0v) is 8.38. The van der Waals surface area contributed by atoms with Crippen LogP contribution in [-0.4, -0.2) is 38.4 Å². The average molecular weight is 184 g/mol. The molecule has 3 heteroatoms. The van der Waals surface area contributed by atoms with Gasteiger partial charge in [0.05, 0.1) is 12.7 Å². The van der Waals surface area contributed by atoms with Gasteiger partial charge in [0.25, 0.3) is 0 Å². The van der Waals surface area contributed by atoms with Crippen molar-refractivity contribution < 1.29 is 4.74 Å². The summed E-state index contributed by atoms with van der Waals surface area (Å²) in [5.74, 6) is 0.941. The first-order chi connectivity index (χ1) is 6.40. The molecule has 1 saturated carbocycles. The van der Waals surface area contributed by atoms with E-state index in [0.29, 0.717) is 6.10 Å². The monoisotopic (exact) mass is 184 g/mol. The second kappa shape index (κ2) is 4.40. The van der Waals surface area contributed by atoms with E-state index in [1.165, 1.54) is 12.8 Å². The highest BCUT2D eigenvalue weighted by Gasteiger charge is 2.35. The third kappa shape index (κ3) is 2.66. The molecule has 2 rings (SSSR count). The molecule has 3 unspecified atom stereocenters. The molecule has 1 aliphatic carbocycles. The van der Waals surface area contributed by atoms with Crippen LogP contribution in [0, 0.1) is 5.92 Å². The molecular formula is C10H20N2O. The highest BCUT2D eigenvalue weighted by molar-refractivity contribution is 4.92. The molecule has 3 atom stereocenters. The molecule has 0 aromatic carbocycles. The maximum absolute atomic E-state index is 5.60. The van der Waals surface area contributed by atoms with Crippen molar-refractivity contribution in [3.63, 3.8) is 0 Å². The summed E-state index contributed by atoms with van der Waals surface area (Å²) < 4.78 is 5.60. The van der Waals surface area contributed by atoms with E-state index in [2.05, 4.69) is 17.6 Å². The topological polar surface area (TPSA) is 33.3 Å². The Balaban J connectivity index is 1.57. The van der Waals surface area contributed by atoms with E-state index < -0.39 is 0 Å². The van der Waals surface area contributed by atoms with Gasteiger partial charge in [-0.3, -0.25) is 0 Å². The lowest BCUT2D eigenvalue weighted by atomic mass is 10.3. The Kier molecular flexibility index (Phi) is 3.19. The number of rotatable bonds is 4. The van der Waals surface area contributed by atoms with Crippen molar-refractivity contribution in [1.29, 1.82) is 0 Å². The van der Waals surface area contributed by atoms with E-state index >= 15 is 0 Å². The SMILES string of the molecule is CCC1CC1NCC1CNCCO1. The maximum atomic E-state index is 5.60. The van der Waals surface area contributed by atoms with Crippen LogP contribution in [-0.2, 0) is 4.74 Å². The Bertz CT molecular complexity index is 157. The summed E-state index contributed by atoms with van der Waals surface area (Å²) in [5.41, 5.74) is 0. The largest absolute Gasteiger partial charge is 0.374 e. The number of hydrogen-bond donors (Lipinski definition) is 2. The second-order valence-electron chi connectivity index (χ2n) is 4.12. The maximum Gasteiger partial charge on any atom is 0.0824 e. The number of nitrogens with one attached hydrogen (secondary N) is 2. The van der Waals surface area contributed by atoms with Gasteiger partial charge in [0.2, 0.25) is 0 Å². The summed E-state index contributed by atoms with van der Waals surface area (Å²) in [4.78, 5) is 0. The van der Waals surface area contributed by atoms with Gasteiger partial charge in [-0.1, -0.05) is 13.3 Å². The minimum Gasteiger partial charge on any atom is -0.374 e. The molecule has 1 aliphatic heterocycles. The molecule has 0 aromatic rings. The molecule has 2 fully saturated rings. The van der Waals surface area contributed by atoms with Crippen molar-refractivity contribution in [1.82, 2.24) is 10.6 Å². The molecule has 0 amide bonds. The lowest BCUT2D eigenvalue weighted by molar-refractivity contribution is 0.0288. The molecule has 0 bridgehead atoms. The Morgan fingerprint density at radius 3 is 3.08 bits per heavy atom. The number of ether oxygens (including phenoxy) is 1. The molecule has 0 radical (unpaired) electrons. The van der Waals surface area contributed by atoms with Gasteiger partial charge in [-0.25, -0.2) is 0 Å². The van der Waals surface area contributed by atoms with Crippen LogP contribution in [0.25, 0.3) is 0 Å². The quantitative estimate of drug-likeness (QED) is 0.662. The molecule has 1 heterocycles. The zero-order chi connectivity index (χ0) is 9.10. The Labute approximate surface area is 80.2 Å². The Morgan fingerprint density at radius 1 is 1.54 bits per heavy atom. The molecular weight excluding hydrogens is 164 g/mol. The summed E-state index contributed by atoms with van der Waals surface area (Å²) in [7, 11) is 0. The molecule has 3 nitrogen and oxygen atoms in total. The van der Waals surface area contributed by atoms with E-state index in [0.717, 1.165) is 38.2 Å². The third-order valence-corrected chi connectivity index (χ3v) is 3.06. The molecule has 76 valence electrons. The van der Waals surface area contributed by atoms with Crippen molar-refractivity contribution in [3.8, 4) is 0 Å². The number of morpholine rings is 1. The number of hydrogen-bond acceptors (Lipinski definition) is 3. The van der Waals surface area contributed by atoms with E-state index in [9.17, 15) is 0 Å². The van der Waals surface area contributed by atoms with Crippen LogP contribution in [0.3, 0.4) is 0 Å². The van der Waals surface area contributed by atoms with Crippen LogP contribution in [0.1, 0.15) is 19.8 Å². The minimum atomic E-state index is 0.395. The predicted octanol–water partition coefficient (Wildman–Crippen LogP) is 0.363. The standard InChI is InChI=1S/C10H20N2O/c1-2-8-5-10(8)12-7-9-6-11-3-4-13-9/h8-12H,2-7H2,1H3. The van der Waals surface area contributed by atoms with Crippen LogP contribution in [0.15, 0.2) is 0 Å². The summed E-state index contributed by atoms with van der Waals surface area (Å²) in [6.07, 6.45) is 3.09. The van der Waals surface area contributed by atoms with Crippen molar-refractivity contribution in [2.24, 2.45) is 5.92 Å². The van der Waals surface area contributed by atoms with Gasteiger partial charge in [-0.15, -0.1) is 0 Å². The fourth-order valence-corrected chi connectivity index (χ4v) is 1.98. The van der Waals surface area contributed by atoms with Gasteiger partial charge in [0, 0.05) is 25.7 Å². The van der Waals surface area contributed by atoms with Crippen LogP contribution < -0.4 is 10.6 Å². The van der Waals surface area contributed by atoms with Gasteiger partial charge in [-0.05, 0) is 12.3 Å². The van der Waals surface area contributed by atoms with Crippen LogP contribution in [0.4, 0.5) is 0 Å². The first kappa shape index (κ1) is 9.44. The molecule has 1 saturated heterocycles. The van der Waals surface area contributed by atoms with Crippen LogP contribution in [0.2, 0.25) is 0 Å². The van der Waals surface area contributed by atoms with Crippen molar-refractivity contribution >= 4 is 0 Å². The van der Waals surface area contributed by atoms with Gasteiger partial charge in [0.15, 0.2) is 0 Å². The van der Waals surface area contributed by atoms with E-state index in [1.54, 1.807) is 0 Å². The minimum absolute atomic E-state index is 0.395. The van der Waals surface area contributed by atoms with E-state index in [4.69, 9.17) is 4.74 Å². The van der Waals surface area contributed by atoms with Crippen LogP contribution in [0.5, 0.6) is 0 Å². The fourth-order valence-electron chi connectivity index (χ4n) is 1.98. The molecule has 0 spiro atoms. The van der Waals surface area contributed by atoms with Crippen LogP contribution >= 0.6 is 0 Å². The summed E-state index contributed by atoms with van der Waals surface area (Å²) in [6, 6.07) is 0.788. The van der Waals surface area contributed by atoms with E-state index in [-0.39, 0.29) is 0 Å². The summed E-state index contributed by atoms with van der Waals surface area (Å²) >= 11 is 0. The van der Waals surface area contributed by atoms with Gasteiger partial charge in [-0.2, -0.15) is 0 Å². The smallest absolute Gasteiger partial charge is 0.0824 e. The first-order valence-corrected chi connectivity index (χ1v) is 5.46. The fraction of sp³-hybridized carbons (Fsp3) is 1.00. The third-order valence-electron chi connectivity index (χ3n) is 3.06. The Hall–Kier alpha value is -0.120. The molecule has 0 aromatic heterocycles. The highest BCUT2D eigenvalue weighted by atomic mass is 16.5. The first-order valence-electron chi connectivity index (χ1n) is 5.46. The van der Waals surface area contributed by atoms with Crippen molar-refractivity contribution in [2.75, 3.05) is 26.2 Å². The summed E-state index contributed by atoms with van der Waals surface area (Å²) in [6.45, 7) is 6.18. The van der Waals surface area contributed by atoms with Gasteiger partial charge >= 0.3 is 0 Å². The normalized spacial score (nSPS) is 39.0. The van der Waals surface area contributed by atoms with Crippen molar-refractivity contribution in [2.45, 2.75) is 31.9 Å². The second-order valence-corrected chi connectivity index (χ2v) is 4.12. The average Bonchev–Trinajstić information content (AvgIpc) is 2.95. The Morgan fingerprint density at radius 2 is 2.46 bits per heavy atom. The molecule has 2 N–H and O–H groups in total. The predicted molar refractivity (Wildman–Crippen MR) is 52.8 cm³/mol. The lowest BCUT2D eigenvalue weighted by Crippen LogP contribution is -2.44. The lowest BCUT2D eigenvalue weighted by Gasteiger charge is -2.23. The van der Waals surface area contributed by atoms with Crippen molar-refractivity contribution in [3.05, 3.63) is 0 Å². The van der Waals surface area contributed by atoms with Gasteiger partial charge in [0.1, 0.15) is 0 Å². The highest BCUT2D eigenvalue weighted by Crippen LogP contribution is 2.32. The van der Waals surface area contributed by atoms with E-state index in [1.807, 2.05) is 0 Å². The zero-order valence-electron chi connectivity index (χ0n) is 8.38. The summed E-state index contributed by atoms with van der Waals surface area (Å²) in [5, 5.41) is 6.90.